The van der Waals surface area contributed by atoms with E-state index in [0.717, 1.165) is 6.07 Å². The van der Waals surface area contributed by atoms with Crippen LogP contribution in [0.25, 0.3) is 0 Å². The number of carbonyl (C=O) groups is 1. The van der Waals surface area contributed by atoms with Crippen LogP contribution < -0.4 is 10.5 Å². The highest BCUT2D eigenvalue weighted by Gasteiger charge is 2.40. The normalized spacial score (nSPS) is 21.5. The lowest BCUT2D eigenvalue weighted by Crippen LogP contribution is -2.59. The van der Waals surface area contributed by atoms with Gasteiger partial charge in [-0.25, -0.2) is 8.78 Å². The topological polar surface area (TPSA) is 64.8 Å². The third-order valence-electron chi connectivity index (χ3n) is 4.73. The van der Waals surface area contributed by atoms with Crippen molar-refractivity contribution < 1.29 is 23.0 Å². The number of rotatable bonds is 3. The molecule has 0 aromatic heterocycles. The van der Waals surface area contributed by atoms with Crippen LogP contribution in [0.4, 0.5) is 8.78 Å². The van der Waals surface area contributed by atoms with Crippen LogP contribution in [0, 0.1) is 11.6 Å². The average Bonchev–Trinajstić information content (AvgIpc) is 2.58. The standard InChI is InChI=1S/C17H22F2N2O3/c18-12-1-2-15(14(19)11-12)24-13-3-7-21(8-4-13)16(22)17(20)5-9-23-10-6-17/h1-2,11,13H,3-10,20H2. The summed E-state index contributed by atoms with van der Waals surface area (Å²) < 4.78 is 37.4. The van der Waals surface area contributed by atoms with E-state index in [1.54, 1.807) is 4.90 Å². The molecule has 0 bridgehead atoms. The first-order chi connectivity index (χ1) is 11.5. The van der Waals surface area contributed by atoms with Crippen molar-refractivity contribution in [2.45, 2.75) is 37.3 Å². The molecule has 7 heteroatoms. The molecule has 2 aliphatic rings. The Balaban J connectivity index is 1.54. The van der Waals surface area contributed by atoms with Crippen LogP contribution in [-0.4, -0.2) is 48.8 Å². The van der Waals surface area contributed by atoms with E-state index in [-0.39, 0.29) is 17.8 Å². The Hall–Kier alpha value is -1.73. The summed E-state index contributed by atoms with van der Waals surface area (Å²) in [5.74, 6) is -1.35. The lowest BCUT2D eigenvalue weighted by Gasteiger charge is -2.39. The Kier molecular flexibility index (Phi) is 5.01. The predicted molar refractivity (Wildman–Crippen MR) is 83.6 cm³/mol. The Morgan fingerprint density at radius 1 is 1.25 bits per heavy atom. The van der Waals surface area contributed by atoms with Crippen molar-refractivity contribution in [3.63, 3.8) is 0 Å². The van der Waals surface area contributed by atoms with Gasteiger partial charge in [-0.2, -0.15) is 0 Å². The van der Waals surface area contributed by atoms with E-state index >= 15 is 0 Å². The molecule has 0 spiro atoms. The van der Waals surface area contributed by atoms with Gasteiger partial charge in [-0.1, -0.05) is 0 Å². The van der Waals surface area contributed by atoms with Crippen LogP contribution in [0.5, 0.6) is 5.75 Å². The van der Waals surface area contributed by atoms with Gasteiger partial charge in [0.15, 0.2) is 11.6 Å². The van der Waals surface area contributed by atoms with Crippen molar-refractivity contribution in [1.82, 2.24) is 4.90 Å². The number of ether oxygens (including phenoxy) is 2. The van der Waals surface area contributed by atoms with Gasteiger partial charge in [-0.3, -0.25) is 4.79 Å². The van der Waals surface area contributed by atoms with E-state index in [9.17, 15) is 13.6 Å². The van der Waals surface area contributed by atoms with Crippen molar-refractivity contribution in [3.05, 3.63) is 29.8 Å². The molecule has 132 valence electrons. The molecule has 1 aromatic rings. The van der Waals surface area contributed by atoms with Gasteiger partial charge in [0.1, 0.15) is 11.9 Å². The molecule has 5 nitrogen and oxygen atoms in total. The van der Waals surface area contributed by atoms with Crippen LogP contribution in [0.2, 0.25) is 0 Å². The molecule has 1 aromatic carbocycles. The molecule has 2 fully saturated rings. The molecule has 1 amide bonds. The molecule has 0 atom stereocenters. The molecular weight excluding hydrogens is 318 g/mol. The molecule has 3 rings (SSSR count). The maximum absolute atomic E-state index is 13.6. The highest BCUT2D eigenvalue weighted by Crippen LogP contribution is 2.26. The molecular formula is C17H22F2N2O3. The molecule has 0 unspecified atom stereocenters. The zero-order chi connectivity index (χ0) is 17.2. The van der Waals surface area contributed by atoms with E-state index < -0.39 is 17.2 Å². The zero-order valence-corrected chi connectivity index (χ0v) is 13.5. The van der Waals surface area contributed by atoms with Crippen LogP contribution >= 0.6 is 0 Å². The summed E-state index contributed by atoms with van der Waals surface area (Å²) >= 11 is 0. The monoisotopic (exact) mass is 340 g/mol. The minimum Gasteiger partial charge on any atom is -0.487 e. The molecule has 2 aliphatic heterocycles. The maximum Gasteiger partial charge on any atom is 0.242 e. The van der Waals surface area contributed by atoms with E-state index in [2.05, 4.69) is 0 Å². The van der Waals surface area contributed by atoms with Gasteiger partial charge in [0.25, 0.3) is 0 Å². The highest BCUT2D eigenvalue weighted by molar-refractivity contribution is 5.86. The molecule has 24 heavy (non-hydrogen) atoms. The second-order valence-electron chi connectivity index (χ2n) is 6.45. The average molecular weight is 340 g/mol. The number of benzene rings is 1. The zero-order valence-electron chi connectivity index (χ0n) is 13.5. The minimum atomic E-state index is -0.838. The lowest BCUT2D eigenvalue weighted by molar-refractivity contribution is -0.142. The molecule has 2 heterocycles. The van der Waals surface area contributed by atoms with Gasteiger partial charge in [0, 0.05) is 45.2 Å². The summed E-state index contributed by atoms with van der Waals surface area (Å²) in [5.41, 5.74) is 5.40. The quantitative estimate of drug-likeness (QED) is 0.912. The summed E-state index contributed by atoms with van der Waals surface area (Å²) in [6.07, 6.45) is 2.05. The number of hydrogen-bond acceptors (Lipinski definition) is 4. The fourth-order valence-electron chi connectivity index (χ4n) is 3.19. The Morgan fingerprint density at radius 2 is 1.92 bits per heavy atom. The molecule has 0 radical (unpaired) electrons. The second kappa shape index (κ2) is 7.03. The Labute approximate surface area is 139 Å². The first-order valence-corrected chi connectivity index (χ1v) is 8.26. The fourth-order valence-corrected chi connectivity index (χ4v) is 3.19. The van der Waals surface area contributed by atoms with Gasteiger partial charge >= 0.3 is 0 Å². The first kappa shape index (κ1) is 17.1. The summed E-state index contributed by atoms with van der Waals surface area (Å²) in [7, 11) is 0. The highest BCUT2D eigenvalue weighted by atomic mass is 19.1. The molecule has 2 saturated heterocycles. The van der Waals surface area contributed by atoms with Crippen molar-refractivity contribution in [2.75, 3.05) is 26.3 Å². The van der Waals surface area contributed by atoms with Gasteiger partial charge < -0.3 is 20.1 Å². The Bertz CT molecular complexity index is 597. The van der Waals surface area contributed by atoms with Crippen LogP contribution in [-0.2, 0) is 9.53 Å². The smallest absolute Gasteiger partial charge is 0.242 e. The van der Waals surface area contributed by atoms with Crippen molar-refractivity contribution >= 4 is 5.91 Å². The number of nitrogens with two attached hydrogens (primary N) is 1. The summed E-state index contributed by atoms with van der Waals surface area (Å²) in [4.78, 5) is 14.4. The number of nitrogens with zero attached hydrogens (tertiary/aromatic N) is 1. The van der Waals surface area contributed by atoms with Gasteiger partial charge in [0.05, 0.1) is 5.54 Å². The van der Waals surface area contributed by atoms with Crippen LogP contribution in [0.15, 0.2) is 18.2 Å². The van der Waals surface area contributed by atoms with E-state index in [4.69, 9.17) is 15.2 Å². The van der Waals surface area contributed by atoms with Gasteiger partial charge in [-0.05, 0) is 25.0 Å². The SMILES string of the molecule is NC1(C(=O)N2CCC(Oc3ccc(F)cc3F)CC2)CCOCC1. The number of hydrogen-bond donors (Lipinski definition) is 1. The maximum atomic E-state index is 13.6. The second-order valence-corrected chi connectivity index (χ2v) is 6.45. The van der Waals surface area contributed by atoms with Crippen molar-refractivity contribution in [3.8, 4) is 5.75 Å². The molecule has 0 saturated carbocycles. The van der Waals surface area contributed by atoms with Crippen molar-refractivity contribution in [2.24, 2.45) is 5.73 Å². The molecule has 2 N–H and O–H groups in total. The lowest BCUT2D eigenvalue weighted by atomic mass is 9.89. The minimum absolute atomic E-state index is 0.0425. The van der Waals surface area contributed by atoms with Gasteiger partial charge in [-0.15, -0.1) is 0 Å². The fraction of sp³-hybridized carbons (Fsp3) is 0.588. The predicted octanol–water partition coefficient (Wildman–Crippen LogP) is 1.84. The van der Waals surface area contributed by atoms with Crippen LogP contribution in [0.1, 0.15) is 25.7 Å². The third-order valence-corrected chi connectivity index (χ3v) is 4.73. The number of carbonyl (C=O) groups excluding carboxylic acids is 1. The number of likely N-dealkylation sites (tertiary alicyclic amines) is 1. The van der Waals surface area contributed by atoms with Crippen molar-refractivity contribution in [1.29, 1.82) is 0 Å². The number of amides is 1. The third kappa shape index (κ3) is 3.67. The largest absolute Gasteiger partial charge is 0.487 e. The number of halogens is 2. The summed E-state index contributed by atoms with van der Waals surface area (Å²) in [5, 5.41) is 0. The summed E-state index contributed by atoms with van der Waals surface area (Å²) in [6, 6.07) is 3.26. The Morgan fingerprint density at radius 3 is 2.54 bits per heavy atom. The van der Waals surface area contributed by atoms with Gasteiger partial charge in [0.2, 0.25) is 5.91 Å². The number of piperidine rings is 1. The summed E-state index contributed by atoms with van der Waals surface area (Å²) in [6.45, 7) is 2.05. The van der Waals surface area contributed by atoms with Crippen LogP contribution in [0.3, 0.4) is 0 Å². The first-order valence-electron chi connectivity index (χ1n) is 8.26. The van der Waals surface area contributed by atoms with E-state index in [0.29, 0.717) is 52.0 Å². The molecule has 0 aliphatic carbocycles. The van der Waals surface area contributed by atoms with E-state index in [1.807, 2.05) is 0 Å². The van der Waals surface area contributed by atoms with E-state index in [1.165, 1.54) is 12.1 Å².